The van der Waals surface area contributed by atoms with Gasteiger partial charge in [-0.25, -0.2) is 30.4 Å². The summed E-state index contributed by atoms with van der Waals surface area (Å²) in [6.45, 7) is 0. The van der Waals surface area contributed by atoms with Gasteiger partial charge in [0.15, 0.2) is 23.3 Å². The van der Waals surface area contributed by atoms with Crippen LogP contribution in [0, 0.1) is 29.1 Å². The molecular formula is C8H5ClF5NO2S. The molecule has 0 saturated carbocycles. The summed E-state index contributed by atoms with van der Waals surface area (Å²) in [7, 11) is -4.29. The molecule has 0 aromatic heterocycles. The number of anilines is 1. The fraction of sp³-hybridized carbons (Fsp3) is 0.250. The molecule has 0 heterocycles. The lowest BCUT2D eigenvalue weighted by Crippen LogP contribution is -2.20. The van der Waals surface area contributed by atoms with Crippen molar-refractivity contribution in [2.24, 2.45) is 0 Å². The number of hydrogen-bond acceptors (Lipinski definition) is 2. The average molecular weight is 310 g/mol. The molecule has 0 aliphatic rings. The van der Waals surface area contributed by atoms with E-state index in [0.29, 0.717) is 0 Å². The highest BCUT2D eigenvalue weighted by Gasteiger charge is 2.28. The van der Waals surface area contributed by atoms with E-state index >= 15 is 0 Å². The molecule has 10 heteroatoms. The van der Waals surface area contributed by atoms with Crippen molar-refractivity contribution in [1.29, 1.82) is 0 Å². The van der Waals surface area contributed by atoms with E-state index in [2.05, 4.69) is 0 Å². The van der Waals surface area contributed by atoms with E-state index in [0.717, 1.165) is 0 Å². The normalized spacial score (nSPS) is 11.7. The molecule has 18 heavy (non-hydrogen) atoms. The molecule has 0 amide bonds. The Morgan fingerprint density at radius 3 is 1.67 bits per heavy atom. The Kier molecular flexibility index (Phi) is 4.38. The Morgan fingerprint density at radius 2 is 1.28 bits per heavy atom. The van der Waals surface area contributed by atoms with E-state index in [9.17, 15) is 30.4 Å². The largest absolute Gasteiger partial charge is 0.278 e. The third-order valence-electron chi connectivity index (χ3n) is 1.81. The van der Waals surface area contributed by atoms with Crippen LogP contribution in [-0.4, -0.2) is 20.1 Å². The molecule has 0 unspecified atom stereocenters. The zero-order valence-corrected chi connectivity index (χ0v) is 9.98. The zero-order chi connectivity index (χ0) is 14.1. The topological polar surface area (TPSA) is 46.2 Å². The van der Waals surface area contributed by atoms with Gasteiger partial charge in [-0.3, -0.25) is 4.72 Å². The minimum atomic E-state index is -4.29. The smallest absolute Gasteiger partial charge is 0.234 e. The van der Waals surface area contributed by atoms with Crippen molar-refractivity contribution in [1.82, 2.24) is 0 Å². The summed E-state index contributed by atoms with van der Waals surface area (Å²) in [4.78, 5) is 0. The molecule has 0 aliphatic carbocycles. The number of halogens is 6. The van der Waals surface area contributed by atoms with Gasteiger partial charge in [0, 0.05) is 5.88 Å². The van der Waals surface area contributed by atoms with Crippen LogP contribution in [0.25, 0.3) is 0 Å². The molecule has 0 radical (unpaired) electrons. The van der Waals surface area contributed by atoms with E-state index in [1.807, 2.05) is 0 Å². The number of nitrogens with one attached hydrogen (secondary N) is 1. The molecule has 1 aromatic rings. The predicted octanol–water partition coefficient (Wildman–Crippen LogP) is 2.36. The number of benzene rings is 1. The van der Waals surface area contributed by atoms with Crippen molar-refractivity contribution in [3.05, 3.63) is 29.1 Å². The Hall–Kier alpha value is -1.09. The summed E-state index contributed by atoms with van der Waals surface area (Å²) in [5, 5.41) is 0. The minimum absolute atomic E-state index is 0.412. The van der Waals surface area contributed by atoms with Gasteiger partial charge < -0.3 is 0 Å². The van der Waals surface area contributed by atoms with E-state index in [1.165, 1.54) is 4.72 Å². The molecule has 0 aliphatic heterocycles. The molecule has 0 fully saturated rings. The van der Waals surface area contributed by atoms with E-state index in [1.54, 1.807) is 0 Å². The zero-order valence-electron chi connectivity index (χ0n) is 8.41. The predicted molar refractivity (Wildman–Crippen MR) is 54.4 cm³/mol. The first kappa shape index (κ1) is 15.0. The van der Waals surface area contributed by atoms with Crippen molar-refractivity contribution in [3.8, 4) is 0 Å². The Morgan fingerprint density at radius 1 is 0.889 bits per heavy atom. The van der Waals surface area contributed by atoms with Gasteiger partial charge >= 0.3 is 0 Å². The number of sulfonamides is 1. The van der Waals surface area contributed by atoms with Crippen LogP contribution >= 0.6 is 11.6 Å². The Bertz CT molecular complexity index is 548. The fourth-order valence-electron chi connectivity index (χ4n) is 1.00. The van der Waals surface area contributed by atoms with Crippen molar-refractivity contribution >= 4 is 27.3 Å². The fourth-order valence-corrected chi connectivity index (χ4v) is 2.41. The lowest BCUT2D eigenvalue weighted by molar-refractivity contribution is 0.382. The highest BCUT2D eigenvalue weighted by atomic mass is 35.5. The van der Waals surface area contributed by atoms with Crippen molar-refractivity contribution < 1.29 is 30.4 Å². The van der Waals surface area contributed by atoms with E-state index < -0.39 is 56.4 Å². The third kappa shape index (κ3) is 2.83. The van der Waals surface area contributed by atoms with Crippen LogP contribution in [0.3, 0.4) is 0 Å². The maximum atomic E-state index is 13.1. The maximum Gasteiger partial charge on any atom is 0.234 e. The van der Waals surface area contributed by atoms with Crippen LogP contribution < -0.4 is 4.72 Å². The van der Waals surface area contributed by atoms with Gasteiger partial charge in [0.25, 0.3) is 0 Å². The summed E-state index contributed by atoms with van der Waals surface area (Å²) in [5.74, 6) is -12.5. The van der Waals surface area contributed by atoms with E-state index in [4.69, 9.17) is 11.6 Å². The second kappa shape index (κ2) is 5.27. The van der Waals surface area contributed by atoms with E-state index in [-0.39, 0.29) is 0 Å². The molecule has 0 bridgehead atoms. The van der Waals surface area contributed by atoms with Crippen molar-refractivity contribution in [2.45, 2.75) is 0 Å². The average Bonchev–Trinajstić information content (AvgIpc) is 2.30. The second-order valence-electron chi connectivity index (χ2n) is 3.05. The molecule has 0 atom stereocenters. The molecule has 3 nitrogen and oxygen atoms in total. The first-order chi connectivity index (χ1) is 8.21. The summed E-state index contributed by atoms with van der Waals surface area (Å²) in [6.07, 6.45) is 0. The van der Waals surface area contributed by atoms with Gasteiger partial charge in [-0.15, -0.1) is 11.6 Å². The molecule has 0 spiro atoms. The van der Waals surface area contributed by atoms with Gasteiger partial charge in [0.2, 0.25) is 15.8 Å². The number of alkyl halides is 1. The van der Waals surface area contributed by atoms with Crippen LogP contribution in [0.15, 0.2) is 0 Å². The highest BCUT2D eigenvalue weighted by molar-refractivity contribution is 7.92. The SMILES string of the molecule is O=S(=O)(CCCl)Nc1c(F)c(F)c(F)c(F)c1F. The molecule has 1 rings (SSSR count). The second-order valence-corrected chi connectivity index (χ2v) is 5.27. The van der Waals surface area contributed by atoms with Crippen molar-refractivity contribution in [2.75, 3.05) is 16.4 Å². The molecule has 102 valence electrons. The quantitative estimate of drug-likeness (QED) is 0.402. The molecule has 1 aromatic carbocycles. The molecular weight excluding hydrogens is 305 g/mol. The Balaban J connectivity index is 3.35. The maximum absolute atomic E-state index is 13.1. The molecule has 0 saturated heterocycles. The summed E-state index contributed by atoms with van der Waals surface area (Å²) in [6, 6.07) is 0. The summed E-state index contributed by atoms with van der Waals surface area (Å²) < 4.78 is 87.9. The van der Waals surface area contributed by atoms with Gasteiger partial charge in [-0.2, -0.15) is 0 Å². The summed E-state index contributed by atoms with van der Waals surface area (Å²) >= 11 is 5.10. The van der Waals surface area contributed by atoms with Crippen LogP contribution in [0.4, 0.5) is 27.6 Å². The van der Waals surface area contributed by atoms with Gasteiger partial charge in [0.1, 0.15) is 5.69 Å². The minimum Gasteiger partial charge on any atom is -0.278 e. The molecule has 1 N–H and O–H groups in total. The lowest BCUT2D eigenvalue weighted by Gasteiger charge is -2.10. The van der Waals surface area contributed by atoms with Crippen LogP contribution in [0.1, 0.15) is 0 Å². The van der Waals surface area contributed by atoms with Crippen LogP contribution in [-0.2, 0) is 10.0 Å². The number of hydrogen-bond donors (Lipinski definition) is 1. The monoisotopic (exact) mass is 309 g/mol. The Labute approximate surface area is 104 Å². The van der Waals surface area contributed by atoms with Gasteiger partial charge in [-0.1, -0.05) is 0 Å². The lowest BCUT2D eigenvalue weighted by atomic mass is 10.2. The first-order valence-corrected chi connectivity index (χ1v) is 6.48. The highest BCUT2D eigenvalue weighted by Crippen LogP contribution is 2.27. The van der Waals surface area contributed by atoms with Crippen LogP contribution in [0.2, 0.25) is 0 Å². The van der Waals surface area contributed by atoms with Crippen molar-refractivity contribution in [3.63, 3.8) is 0 Å². The van der Waals surface area contributed by atoms with Gasteiger partial charge in [0.05, 0.1) is 5.75 Å². The number of rotatable bonds is 4. The summed E-state index contributed by atoms with van der Waals surface area (Å²) in [5.41, 5.74) is -1.63. The standard InChI is InChI=1S/C8H5ClF5NO2S/c9-1-2-18(16,17)15-8-6(13)4(11)3(10)5(12)7(8)14/h15H,1-2H2. The van der Waals surface area contributed by atoms with Gasteiger partial charge in [-0.05, 0) is 0 Å². The van der Waals surface area contributed by atoms with Crippen LogP contribution in [0.5, 0.6) is 0 Å². The first-order valence-electron chi connectivity index (χ1n) is 4.29. The third-order valence-corrected chi connectivity index (χ3v) is 3.48.